The molecule has 5 nitrogen and oxygen atoms in total. The number of hydrogen-bond acceptors (Lipinski definition) is 4. The summed E-state index contributed by atoms with van der Waals surface area (Å²) >= 11 is 1.66. The summed E-state index contributed by atoms with van der Waals surface area (Å²) in [6, 6.07) is 4.02. The third-order valence-electron chi connectivity index (χ3n) is 3.12. The van der Waals surface area contributed by atoms with Crippen molar-refractivity contribution in [3.8, 4) is 0 Å². The lowest BCUT2D eigenvalue weighted by Crippen LogP contribution is -2.51. The highest BCUT2D eigenvalue weighted by molar-refractivity contribution is 7.09. The highest BCUT2D eigenvalue weighted by Crippen LogP contribution is 2.13. The molecular formula is C13H18N2O3S. The maximum atomic E-state index is 12.1. The minimum absolute atomic E-state index is 0.0885. The van der Waals surface area contributed by atoms with Crippen LogP contribution in [0.5, 0.6) is 0 Å². The first-order valence-electron chi connectivity index (χ1n) is 6.34. The van der Waals surface area contributed by atoms with Crippen LogP contribution in [0.3, 0.4) is 0 Å². The average molecular weight is 282 g/mol. The molecule has 2 amide bonds. The molecule has 1 atom stereocenters. The maximum Gasteiger partial charge on any atom is 0.250 e. The second kappa shape index (κ2) is 6.68. The Bertz CT molecular complexity index is 433. The third kappa shape index (κ3) is 3.78. The molecule has 1 fully saturated rings. The van der Waals surface area contributed by atoms with E-state index in [0.29, 0.717) is 26.1 Å². The molecule has 1 aromatic heterocycles. The molecule has 0 bridgehead atoms. The summed E-state index contributed by atoms with van der Waals surface area (Å²) in [6.45, 7) is 1.34. The average Bonchev–Trinajstić information content (AvgIpc) is 2.97. The van der Waals surface area contributed by atoms with E-state index in [2.05, 4.69) is 5.32 Å². The van der Waals surface area contributed by atoms with Gasteiger partial charge in [-0.1, -0.05) is 6.07 Å². The molecule has 1 saturated heterocycles. The van der Waals surface area contributed by atoms with Gasteiger partial charge in [0.05, 0.1) is 13.2 Å². The van der Waals surface area contributed by atoms with Crippen molar-refractivity contribution in [2.45, 2.75) is 18.9 Å². The van der Waals surface area contributed by atoms with Gasteiger partial charge < -0.3 is 15.0 Å². The lowest BCUT2D eigenvalue weighted by atomic mass is 10.2. The molecule has 19 heavy (non-hydrogen) atoms. The molecule has 0 saturated carbocycles. The number of likely N-dealkylation sites (N-methyl/N-ethyl adjacent to an activating group) is 1. The fraction of sp³-hybridized carbons (Fsp3) is 0.538. The van der Waals surface area contributed by atoms with Crippen LogP contribution >= 0.6 is 11.3 Å². The number of thiophene rings is 1. The molecule has 104 valence electrons. The lowest BCUT2D eigenvalue weighted by Gasteiger charge is -2.32. The van der Waals surface area contributed by atoms with E-state index < -0.39 is 6.10 Å². The Balaban J connectivity index is 1.83. The molecule has 0 unspecified atom stereocenters. The fourth-order valence-electron chi connectivity index (χ4n) is 2.04. The number of rotatable bonds is 4. The van der Waals surface area contributed by atoms with Crippen LogP contribution in [-0.2, 0) is 20.7 Å². The standard InChI is InChI=1S/C13H18N2O3S/c1-14-13(17)11-9-15(6-7-18-11)12(16)5-4-10-3-2-8-19-10/h2-3,8,11H,4-7,9H2,1H3,(H,14,17)/t11-/m1/s1. The van der Waals surface area contributed by atoms with E-state index in [0.717, 1.165) is 6.42 Å². The zero-order valence-electron chi connectivity index (χ0n) is 10.9. The van der Waals surface area contributed by atoms with Gasteiger partial charge >= 0.3 is 0 Å². The molecule has 0 aromatic carbocycles. The van der Waals surface area contributed by atoms with E-state index in [9.17, 15) is 9.59 Å². The predicted molar refractivity (Wildman–Crippen MR) is 73.0 cm³/mol. The SMILES string of the molecule is CNC(=O)[C@H]1CN(C(=O)CCc2cccs2)CCO1. The van der Waals surface area contributed by atoms with Gasteiger partial charge in [0.15, 0.2) is 6.10 Å². The van der Waals surface area contributed by atoms with Crippen molar-refractivity contribution in [3.05, 3.63) is 22.4 Å². The van der Waals surface area contributed by atoms with E-state index in [1.807, 2.05) is 17.5 Å². The van der Waals surface area contributed by atoms with Crippen molar-refractivity contribution in [1.82, 2.24) is 10.2 Å². The fourth-order valence-corrected chi connectivity index (χ4v) is 2.75. The van der Waals surface area contributed by atoms with Crippen LogP contribution in [0.15, 0.2) is 17.5 Å². The molecule has 1 N–H and O–H groups in total. The van der Waals surface area contributed by atoms with Gasteiger partial charge in [0.25, 0.3) is 5.91 Å². The second-order valence-electron chi connectivity index (χ2n) is 4.39. The molecule has 1 aromatic rings. The second-order valence-corrected chi connectivity index (χ2v) is 5.43. The summed E-state index contributed by atoms with van der Waals surface area (Å²) in [6.07, 6.45) is 0.712. The largest absolute Gasteiger partial charge is 0.365 e. The van der Waals surface area contributed by atoms with Crippen LogP contribution in [0.2, 0.25) is 0 Å². The number of carbonyl (C=O) groups is 2. The van der Waals surface area contributed by atoms with Crippen LogP contribution in [0.4, 0.5) is 0 Å². The molecule has 2 heterocycles. The first kappa shape index (κ1) is 14.0. The number of aryl methyl sites for hydroxylation is 1. The predicted octanol–water partition coefficient (Wildman–Crippen LogP) is 0.654. The summed E-state index contributed by atoms with van der Waals surface area (Å²) < 4.78 is 5.36. The Morgan fingerprint density at radius 1 is 1.58 bits per heavy atom. The van der Waals surface area contributed by atoms with Gasteiger partial charge in [-0.15, -0.1) is 11.3 Å². The monoisotopic (exact) mass is 282 g/mol. The molecule has 0 aliphatic carbocycles. The number of nitrogens with zero attached hydrogens (tertiary/aromatic N) is 1. The first-order chi connectivity index (χ1) is 9.20. The van der Waals surface area contributed by atoms with E-state index in [4.69, 9.17) is 4.74 Å². The zero-order chi connectivity index (χ0) is 13.7. The number of hydrogen-bond donors (Lipinski definition) is 1. The van der Waals surface area contributed by atoms with Crippen molar-refractivity contribution >= 4 is 23.2 Å². The highest BCUT2D eigenvalue weighted by atomic mass is 32.1. The summed E-state index contributed by atoms with van der Waals surface area (Å²) in [5.74, 6) is -0.0821. The smallest absolute Gasteiger partial charge is 0.250 e. The first-order valence-corrected chi connectivity index (χ1v) is 7.22. The zero-order valence-corrected chi connectivity index (χ0v) is 11.7. The summed E-state index contributed by atoms with van der Waals surface area (Å²) in [5.41, 5.74) is 0. The Hall–Kier alpha value is -1.40. The minimum atomic E-state index is -0.538. The molecule has 0 spiro atoms. The Kier molecular flexibility index (Phi) is 4.93. The lowest BCUT2D eigenvalue weighted by molar-refractivity contribution is -0.146. The highest BCUT2D eigenvalue weighted by Gasteiger charge is 2.28. The van der Waals surface area contributed by atoms with Crippen LogP contribution in [0.1, 0.15) is 11.3 Å². The summed E-state index contributed by atoms with van der Waals surface area (Å²) in [7, 11) is 1.57. The van der Waals surface area contributed by atoms with Gasteiger partial charge in [-0.3, -0.25) is 9.59 Å². The normalized spacial score (nSPS) is 19.2. The molecule has 6 heteroatoms. The van der Waals surface area contributed by atoms with Gasteiger partial charge in [-0.2, -0.15) is 0 Å². The van der Waals surface area contributed by atoms with E-state index >= 15 is 0 Å². The number of morpholine rings is 1. The van der Waals surface area contributed by atoms with Gasteiger partial charge in [-0.25, -0.2) is 0 Å². The number of carbonyl (C=O) groups excluding carboxylic acids is 2. The third-order valence-corrected chi connectivity index (χ3v) is 4.06. The van der Waals surface area contributed by atoms with E-state index in [1.54, 1.807) is 23.3 Å². The van der Waals surface area contributed by atoms with Crippen molar-refractivity contribution in [2.75, 3.05) is 26.7 Å². The topological polar surface area (TPSA) is 58.6 Å². The minimum Gasteiger partial charge on any atom is -0.365 e. The Labute approximate surface area is 116 Å². The van der Waals surface area contributed by atoms with Crippen molar-refractivity contribution in [1.29, 1.82) is 0 Å². The molecule has 2 rings (SSSR count). The van der Waals surface area contributed by atoms with Gasteiger partial charge in [0, 0.05) is 24.9 Å². The summed E-state index contributed by atoms with van der Waals surface area (Å²) in [5, 5.41) is 4.56. The van der Waals surface area contributed by atoms with Gasteiger partial charge in [-0.05, 0) is 17.9 Å². The number of ether oxygens (including phenoxy) is 1. The molecule has 0 radical (unpaired) electrons. The van der Waals surface area contributed by atoms with Crippen LogP contribution in [0.25, 0.3) is 0 Å². The molecule has 1 aliphatic heterocycles. The number of nitrogens with one attached hydrogen (secondary N) is 1. The number of amides is 2. The molecule has 1 aliphatic rings. The summed E-state index contributed by atoms with van der Waals surface area (Å²) in [4.78, 5) is 26.5. The van der Waals surface area contributed by atoms with Crippen LogP contribution in [-0.4, -0.2) is 49.6 Å². The maximum absolute atomic E-state index is 12.1. The van der Waals surface area contributed by atoms with Crippen molar-refractivity contribution in [3.63, 3.8) is 0 Å². The van der Waals surface area contributed by atoms with Crippen molar-refractivity contribution in [2.24, 2.45) is 0 Å². The van der Waals surface area contributed by atoms with Crippen molar-refractivity contribution < 1.29 is 14.3 Å². The van der Waals surface area contributed by atoms with E-state index in [1.165, 1.54) is 4.88 Å². The van der Waals surface area contributed by atoms with E-state index in [-0.39, 0.29) is 11.8 Å². The molecular weight excluding hydrogens is 264 g/mol. The Morgan fingerprint density at radius 3 is 3.11 bits per heavy atom. The van der Waals surface area contributed by atoms with Gasteiger partial charge in [0.2, 0.25) is 5.91 Å². The van der Waals surface area contributed by atoms with Gasteiger partial charge in [0.1, 0.15) is 0 Å². The van der Waals surface area contributed by atoms with Crippen LogP contribution < -0.4 is 5.32 Å². The van der Waals surface area contributed by atoms with Crippen LogP contribution in [0, 0.1) is 0 Å². The Morgan fingerprint density at radius 2 is 2.42 bits per heavy atom. The quantitative estimate of drug-likeness (QED) is 0.882.